The molecule has 3 atom stereocenters. The number of anilines is 1. The maximum absolute atomic E-state index is 14.2. The minimum Gasteiger partial charge on any atom is -0.444 e. The molecule has 0 bridgehead atoms. The molecule has 0 fully saturated rings. The second-order valence-electron chi connectivity index (χ2n) is 10.9. The standard InChI is InChI=1S/C30H42ClN3O5/c1-9-18(2)25(33-29(38)39-30(6,7)8)28(37)34(16-17-35)26(23-19(3)12-10-13-20(23)4)27(36)32-24-21(5)14-11-15-22(24)31/h10-15,18,25-26,35H,9,16-17H2,1-8H3,(H,32,36)(H,33,38). The molecular formula is C30H42ClN3O5. The Bertz CT molecular complexity index is 1140. The summed E-state index contributed by atoms with van der Waals surface area (Å²) >= 11 is 6.41. The van der Waals surface area contributed by atoms with Crippen LogP contribution in [0.25, 0.3) is 0 Å². The number of alkyl carbamates (subject to hydrolysis) is 1. The molecule has 39 heavy (non-hydrogen) atoms. The van der Waals surface area contributed by atoms with Gasteiger partial charge in [-0.2, -0.15) is 0 Å². The zero-order valence-electron chi connectivity index (χ0n) is 24.2. The number of aliphatic hydroxyl groups excluding tert-OH is 1. The van der Waals surface area contributed by atoms with E-state index in [0.717, 1.165) is 16.7 Å². The quantitative estimate of drug-likeness (QED) is 0.346. The van der Waals surface area contributed by atoms with Crippen LogP contribution in [0.5, 0.6) is 0 Å². The molecule has 3 N–H and O–H groups in total. The van der Waals surface area contributed by atoms with Gasteiger partial charge in [0.15, 0.2) is 0 Å². The smallest absolute Gasteiger partial charge is 0.408 e. The molecule has 2 aromatic rings. The van der Waals surface area contributed by atoms with Gasteiger partial charge in [-0.05, 0) is 75.8 Å². The van der Waals surface area contributed by atoms with E-state index in [4.69, 9.17) is 16.3 Å². The highest BCUT2D eigenvalue weighted by Gasteiger charge is 2.39. The summed E-state index contributed by atoms with van der Waals surface area (Å²) in [4.78, 5) is 42.3. The molecule has 8 nitrogen and oxygen atoms in total. The monoisotopic (exact) mass is 559 g/mol. The molecule has 0 heterocycles. The van der Waals surface area contributed by atoms with E-state index in [-0.39, 0.29) is 19.1 Å². The van der Waals surface area contributed by atoms with Crippen LogP contribution in [0.4, 0.5) is 10.5 Å². The number of carbonyl (C=O) groups excluding carboxylic acids is 3. The van der Waals surface area contributed by atoms with E-state index in [1.165, 1.54) is 4.90 Å². The Morgan fingerprint density at radius 3 is 2.10 bits per heavy atom. The molecular weight excluding hydrogens is 518 g/mol. The lowest BCUT2D eigenvalue weighted by molar-refractivity contribution is -0.142. The van der Waals surface area contributed by atoms with Crippen LogP contribution in [-0.4, -0.2) is 52.7 Å². The Hall–Kier alpha value is -3.10. The number of para-hydroxylation sites is 1. The maximum Gasteiger partial charge on any atom is 0.408 e. The first-order chi connectivity index (χ1) is 18.2. The largest absolute Gasteiger partial charge is 0.444 e. The highest BCUT2D eigenvalue weighted by atomic mass is 35.5. The van der Waals surface area contributed by atoms with Crippen molar-refractivity contribution in [1.82, 2.24) is 10.2 Å². The van der Waals surface area contributed by atoms with Crippen LogP contribution in [0.1, 0.15) is 69.3 Å². The number of rotatable bonds is 10. The van der Waals surface area contributed by atoms with Crippen LogP contribution >= 0.6 is 11.6 Å². The minimum atomic E-state index is -1.10. The molecule has 0 aliphatic rings. The predicted octanol–water partition coefficient (Wildman–Crippen LogP) is 5.71. The van der Waals surface area contributed by atoms with Gasteiger partial charge in [0.25, 0.3) is 5.91 Å². The summed E-state index contributed by atoms with van der Waals surface area (Å²) < 4.78 is 5.42. The van der Waals surface area contributed by atoms with E-state index < -0.39 is 35.6 Å². The number of benzene rings is 2. The van der Waals surface area contributed by atoms with E-state index in [9.17, 15) is 19.5 Å². The number of aliphatic hydroxyl groups is 1. The zero-order chi connectivity index (χ0) is 29.5. The van der Waals surface area contributed by atoms with E-state index in [1.54, 1.807) is 32.9 Å². The molecule has 0 saturated carbocycles. The lowest BCUT2D eigenvalue weighted by Gasteiger charge is -2.36. The molecule has 0 aliphatic carbocycles. The van der Waals surface area contributed by atoms with Crippen molar-refractivity contribution in [2.75, 3.05) is 18.5 Å². The van der Waals surface area contributed by atoms with E-state index in [0.29, 0.717) is 22.7 Å². The first-order valence-electron chi connectivity index (χ1n) is 13.2. The summed E-state index contributed by atoms with van der Waals surface area (Å²) in [5.74, 6) is -1.26. The highest BCUT2D eigenvalue weighted by Crippen LogP contribution is 2.32. The normalized spacial score (nSPS) is 13.7. The lowest BCUT2D eigenvalue weighted by Crippen LogP contribution is -2.55. The van der Waals surface area contributed by atoms with Crippen LogP contribution in [0.3, 0.4) is 0 Å². The van der Waals surface area contributed by atoms with Crippen molar-refractivity contribution in [2.45, 2.75) is 79.5 Å². The van der Waals surface area contributed by atoms with Gasteiger partial charge < -0.3 is 25.4 Å². The number of halogens is 1. The molecule has 2 aromatic carbocycles. The van der Waals surface area contributed by atoms with Crippen LogP contribution in [0.2, 0.25) is 5.02 Å². The molecule has 0 spiro atoms. The number of hydrogen-bond donors (Lipinski definition) is 3. The van der Waals surface area contributed by atoms with Gasteiger partial charge in [0.1, 0.15) is 17.7 Å². The Morgan fingerprint density at radius 2 is 1.59 bits per heavy atom. The fraction of sp³-hybridized carbons (Fsp3) is 0.500. The van der Waals surface area contributed by atoms with Gasteiger partial charge in [0.05, 0.1) is 17.3 Å². The zero-order valence-corrected chi connectivity index (χ0v) is 25.0. The number of ether oxygens (including phenoxy) is 1. The minimum absolute atomic E-state index is 0.130. The Kier molecular flexibility index (Phi) is 11.4. The van der Waals surface area contributed by atoms with E-state index in [2.05, 4.69) is 10.6 Å². The summed E-state index contributed by atoms with van der Waals surface area (Å²) in [6.45, 7) is 14.0. The maximum atomic E-state index is 14.2. The number of hydrogen-bond acceptors (Lipinski definition) is 5. The van der Waals surface area contributed by atoms with Crippen molar-refractivity contribution in [2.24, 2.45) is 5.92 Å². The third-order valence-corrected chi connectivity index (χ3v) is 6.94. The van der Waals surface area contributed by atoms with Gasteiger partial charge in [-0.25, -0.2) is 4.79 Å². The van der Waals surface area contributed by atoms with Crippen LogP contribution in [-0.2, 0) is 14.3 Å². The Labute approximate surface area is 237 Å². The summed E-state index contributed by atoms with van der Waals surface area (Å²) in [7, 11) is 0. The number of aryl methyl sites for hydroxylation is 3. The predicted molar refractivity (Wildman–Crippen MR) is 155 cm³/mol. The third kappa shape index (κ3) is 8.44. The summed E-state index contributed by atoms with van der Waals surface area (Å²) in [6, 6.07) is 8.83. The molecule has 0 aromatic heterocycles. The molecule has 3 unspecified atom stereocenters. The highest BCUT2D eigenvalue weighted by molar-refractivity contribution is 6.34. The van der Waals surface area contributed by atoms with Gasteiger partial charge in [-0.15, -0.1) is 0 Å². The summed E-state index contributed by atoms with van der Waals surface area (Å²) in [6.07, 6.45) is -0.150. The van der Waals surface area contributed by atoms with Crippen LogP contribution in [0, 0.1) is 26.7 Å². The van der Waals surface area contributed by atoms with Gasteiger partial charge in [-0.3, -0.25) is 9.59 Å². The summed E-state index contributed by atoms with van der Waals surface area (Å²) in [5, 5.41) is 16.0. The number of nitrogens with zero attached hydrogens (tertiary/aromatic N) is 1. The topological polar surface area (TPSA) is 108 Å². The average molecular weight is 560 g/mol. The second kappa shape index (κ2) is 13.8. The fourth-order valence-electron chi connectivity index (χ4n) is 4.44. The number of carbonyl (C=O) groups is 3. The second-order valence-corrected chi connectivity index (χ2v) is 11.3. The molecule has 0 radical (unpaired) electrons. The van der Waals surface area contributed by atoms with Crippen molar-refractivity contribution in [3.05, 3.63) is 63.7 Å². The molecule has 0 saturated heterocycles. The van der Waals surface area contributed by atoms with Crippen molar-refractivity contribution in [1.29, 1.82) is 0 Å². The third-order valence-electron chi connectivity index (χ3n) is 6.62. The molecule has 2 rings (SSSR count). The fourth-order valence-corrected chi connectivity index (χ4v) is 4.71. The molecule has 0 aliphatic heterocycles. The molecule has 9 heteroatoms. The first kappa shape index (κ1) is 32.1. The Morgan fingerprint density at radius 1 is 1.03 bits per heavy atom. The number of nitrogens with one attached hydrogen (secondary N) is 2. The van der Waals surface area contributed by atoms with Crippen molar-refractivity contribution < 1.29 is 24.2 Å². The Balaban J connectivity index is 2.64. The van der Waals surface area contributed by atoms with Gasteiger partial charge >= 0.3 is 6.09 Å². The van der Waals surface area contributed by atoms with Crippen molar-refractivity contribution in [3.63, 3.8) is 0 Å². The van der Waals surface area contributed by atoms with Gasteiger partial charge in [-0.1, -0.05) is 62.2 Å². The SMILES string of the molecule is CCC(C)C(NC(=O)OC(C)(C)C)C(=O)N(CCO)C(C(=O)Nc1c(C)cccc1Cl)c1c(C)cccc1C. The van der Waals surface area contributed by atoms with E-state index >= 15 is 0 Å². The average Bonchev–Trinajstić information content (AvgIpc) is 2.84. The van der Waals surface area contributed by atoms with Crippen molar-refractivity contribution in [3.8, 4) is 0 Å². The lowest BCUT2D eigenvalue weighted by atomic mass is 9.92. The van der Waals surface area contributed by atoms with Crippen LogP contribution in [0.15, 0.2) is 36.4 Å². The molecule has 214 valence electrons. The van der Waals surface area contributed by atoms with Gasteiger partial charge in [0, 0.05) is 6.54 Å². The van der Waals surface area contributed by atoms with Crippen LogP contribution < -0.4 is 10.6 Å². The summed E-state index contributed by atoms with van der Waals surface area (Å²) in [5.41, 5.74) is 2.71. The first-order valence-corrected chi connectivity index (χ1v) is 13.6. The molecule has 3 amide bonds. The van der Waals surface area contributed by atoms with Crippen molar-refractivity contribution >= 4 is 35.2 Å². The van der Waals surface area contributed by atoms with E-state index in [1.807, 2.05) is 58.9 Å². The number of amides is 3. The van der Waals surface area contributed by atoms with Gasteiger partial charge in [0.2, 0.25) is 5.91 Å².